The van der Waals surface area contributed by atoms with Crippen molar-refractivity contribution in [3.05, 3.63) is 238 Å². The van der Waals surface area contributed by atoms with Crippen LogP contribution in [0.2, 0.25) is 0 Å². The highest BCUT2D eigenvalue weighted by molar-refractivity contribution is 5.68. The highest BCUT2D eigenvalue weighted by atomic mass is 14.5. The zero-order valence-electron chi connectivity index (χ0n) is 28.1. The van der Waals surface area contributed by atoms with E-state index in [0.717, 1.165) is 0 Å². The summed E-state index contributed by atoms with van der Waals surface area (Å²) in [5.41, 5.74) is 13.0. The molecule has 4 aromatic rings. The molecule has 0 spiro atoms. The highest BCUT2D eigenvalue weighted by Gasteiger charge is 2.47. The van der Waals surface area contributed by atoms with E-state index in [1.54, 1.807) is 0 Å². The van der Waals surface area contributed by atoms with Crippen molar-refractivity contribution in [2.24, 2.45) is 17.8 Å². The van der Waals surface area contributed by atoms with E-state index >= 15 is 0 Å². The van der Waals surface area contributed by atoms with Gasteiger partial charge in [0.15, 0.2) is 0 Å². The molecule has 0 N–H and O–H groups in total. The predicted molar refractivity (Wildman–Crippen MR) is 202 cm³/mol. The van der Waals surface area contributed by atoms with Crippen molar-refractivity contribution in [3.63, 3.8) is 0 Å². The SMILES string of the molecule is CC1=CC2=C(C=CC=CC2(c2ccccc2)c2ccccc2)C1C(C)C1C(C)=CC2=C1C=CC=CC2(c1ccccc1)c1ccccc1. The predicted octanol–water partition coefficient (Wildman–Crippen LogP) is 11.6. The number of hydrogen-bond acceptors (Lipinski definition) is 0. The Morgan fingerprint density at radius 3 is 1.06 bits per heavy atom. The lowest BCUT2D eigenvalue weighted by molar-refractivity contribution is 0.388. The largest absolute Gasteiger partial charge is 0.0652 e. The average Bonchev–Trinajstić information content (AvgIpc) is 3.49. The van der Waals surface area contributed by atoms with Crippen LogP contribution in [0, 0.1) is 17.8 Å². The van der Waals surface area contributed by atoms with Gasteiger partial charge in [0.25, 0.3) is 0 Å². The minimum Gasteiger partial charge on any atom is -0.0652 e. The molecule has 8 rings (SSSR count). The van der Waals surface area contributed by atoms with E-state index in [9.17, 15) is 0 Å². The molecule has 0 saturated heterocycles. The van der Waals surface area contributed by atoms with Crippen LogP contribution in [0.15, 0.2) is 216 Å². The first-order valence-corrected chi connectivity index (χ1v) is 17.4. The van der Waals surface area contributed by atoms with Gasteiger partial charge in [0.1, 0.15) is 0 Å². The molecule has 0 aromatic heterocycles. The summed E-state index contributed by atoms with van der Waals surface area (Å²) >= 11 is 0. The summed E-state index contributed by atoms with van der Waals surface area (Å²) in [6, 6.07) is 44.3. The molecular weight excluding hydrogens is 577 g/mol. The van der Waals surface area contributed by atoms with E-state index in [-0.39, 0.29) is 22.7 Å². The third-order valence-corrected chi connectivity index (χ3v) is 11.3. The summed E-state index contributed by atoms with van der Waals surface area (Å²) in [7, 11) is 0. The summed E-state index contributed by atoms with van der Waals surface area (Å²) in [5, 5.41) is 0. The van der Waals surface area contributed by atoms with Crippen LogP contribution in [0.4, 0.5) is 0 Å². The van der Waals surface area contributed by atoms with Crippen LogP contribution in [0.5, 0.6) is 0 Å². The first kappa shape index (κ1) is 30.2. The maximum atomic E-state index is 2.52. The lowest BCUT2D eigenvalue weighted by Gasteiger charge is -2.36. The first-order chi connectivity index (χ1) is 23.6. The second-order valence-electron chi connectivity index (χ2n) is 13.8. The molecule has 0 heterocycles. The third-order valence-electron chi connectivity index (χ3n) is 11.3. The van der Waals surface area contributed by atoms with Gasteiger partial charge in [0.05, 0.1) is 10.8 Å². The number of benzene rings is 4. The van der Waals surface area contributed by atoms with Crippen molar-refractivity contribution in [2.75, 3.05) is 0 Å². The van der Waals surface area contributed by atoms with Crippen LogP contribution in [-0.2, 0) is 10.8 Å². The molecule has 4 aliphatic rings. The molecule has 0 amide bonds. The van der Waals surface area contributed by atoms with Gasteiger partial charge in [-0.1, -0.05) is 200 Å². The van der Waals surface area contributed by atoms with Gasteiger partial charge in [0, 0.05) is 11.8 Å². The normalized spacial score (nSPS) is 22.5. The Hall–Kier alpha value is -5.20. The summed E-state index contributed by atoms with van der Waals surface area (Å²) in [5.74, 6) is 0.919. The molecule has 4 aromatic carbocycles. The zero-order chi connectivity index (χ0) is 32.7. The molecule has 2 unspecified atom stereocenters. The summed E-state index contributed by atoms with van der Waals surface area (Å²) in [6.07, 6.45) is 23.7. The van der Waals surface area contributed by atoms with Crippen LogP contribution in [0.3, 0.4) is 0 Å². The summed E-state index contributed by atoms with van der Waals surface area (Å²) < 4.78 is 0. The summed E-state index contributed by atoms with van der Waals surface area (Å²) in [4.78, 5) is 0. The van der Waals surface area contributed by atoms with Crippen molar-refractivity contribution >= 4 is 0 Å². The fourth-order valence-corrected chi connectivity index (χ4v) is 9.33. The molecule has 4 aliphatic carbocycles. The Labute approximate surface area is 286 Å². The number of hydrogen-bond donors (Lipinski definition) is 0. The molecule has 0 saturated carbocycles. The maximum Gasteiger partial charge on any atom is 0.0638 e. The second kappa shape index (κ2) is 12.1. The summed E-state index contributed by atoms with van der Waals surface area (Å²) in [6.45, 7) is 7.22. The van der Waals surface area contributed by atoms with Gasteiger partial charge in [-0.3, -0.25) is 0 Å². The molecule has 234 valence electrons. The van der Waals surface area contributed by atoms with Crippen molar-refractivity contribution in [2.45, 2.75) is 31.6 Å². The quantitative estimate of drug-likeness (QED) is 0.202. The van der Waals surface area contributed by atoms with Gasteiger partial charge < -0.3 is 0 Å². The molecule has 0 nitrogen and oxygen atoms in total. The molecule has 0 radical (unpaired) electrons. The second-order valence-corrected chi connectivity index (χ2v) is 13.8. The fraction of sp³-hybridized carbons (Fsp3) is 0.167. The van der Waals surface area contributed by atoms with Crippen LogP contribution >= 0.6 is 0 Å². The van der Waals surface area contributed by atoms with E-state index in [1.807, 2.05) is 0 Å². The van der Waals surface area contributed by atoms with Crippen LogP contribution in [-0.4, -0.2) is 0 Å². The maximum absolute atomic E-state index is 2.52. The average molecular weight is 619 g/mol. The van der Waals surface area contributed by atoms with Gasteiger partial charge in [-0.15, -0.1) is 0 Å². The Bertz CT molecular complexity index is 1840. The van der Waals surface area contributed by atoms with Gasteiger partial charge in [-0.25, -0.2) is 0 Å². The Morgan fingerprint density at radius 2 is 0.750 bits per heavy atom. The number of allylic oxidation sites excluding steroid dienone is 16. The van der Waals surface area contributed by atoms with E-state index in [0.29, 0.717) is 5.92 Å². The molecule has 0 heteroatoms. The van der Waals surface area contributed by atoms with E-state index in [1.165, 1.54) is 55.7 Å². The minimum absolute atomic E-state index is 0.288. The lowest BCUT2D eigenvalue weighted by Crippen LogP contribution is -2.29. The monoisotopic (exact) mass is 618 g/mol. The molecule has 48 heavy (non-hydrogen) atoms. The highest BCUT2D eigenvalue weighted by Crippen LogP contribution is 2.56. The van der Waals surface area contributed by atoms with Gasteiger partial charge in [-0.05, 0) is 64.3 Å². The van der Waals surface area contributed by atoms with E-state index in [2.05, 4.69) is 203 Å². The third kappa shape index (κ3) is 4.58. The number of rotatable bonds is 6. The van der Waals surface area contributed by atoms with Crippen LogP contribution < -0.4 is 0 Å². The standard InChI is InChI=1S/C48H42/c1-34-32-43-41(28-16-18-30-47(43,37-20-8-4-9-21-37)38-22-10-5-11-23-38)45(34)36(3)46-35(2)33-44-42(46)29-17-19-31-48(44,39-24-12-6-13-25-39)40-26-14-7-15-27-40/h4-33,36,45-46H,1-3H3. The van der Waals surface area contributed by atoms with Crippen molar-refractivity contribution in [3.8, 4) is 0 Å². The van der Waals surface area contributed by atoms with Crippen molar-refractivity contribution in [1.82, 2.24) is 0 Å². The molecular formula is C48H42. The van der Waals surface area contributed by atoms with Crippen LogP contribution in [0.1, 0.15) is 43.0 Å². The van der Waals surface area contributed by atoms with E-state index < -0.39 is 0 Å². The van der Waals surface area contributed by atoms with Gasteiger partial charge in [0.2, 0.25) is 0 Å². The first-order valence-electron chi connectivity index (χ1n) is 17.4. The molecule has 0 fully saturated rings. The van der Waals surface area contributed by atoms with Gasteiger partial charge >= 0.3 is 0 Å². The molecule has 0 aliphatic heterocycles. The Kier molecular flexibility index (Phi) is 7.61. The van der Waals surface area contributed by atoms with Crippen molar-refractivity contribution < 1.29 is 0 Å². The fourth-order valence-electron chi connectivity index (χ4n) is 9.33. The van der Waals surface area contributed by atoms with E-state index in [4.69, 9.17) is 0 Å². The lowest BCUT2D eigenvalue weighted by atomic mass is 9.66. The van der Waals surface area contributed by atoms with Gasteiger partial charge in [-0.2, -0.15) is 0 Å². The minimum atomic E-state index is -0.371. The topological polar surface area (TPSA) is 0 Å². The molecule has 2 atom stereocenters. The Morgan fingerprint density at radius 1 is 0.438 bits per heavy atom. The smallest absolute Gasteiger partial charge is 0.0638 e. The molecule has 0 bridgehead atoms. The Balaban J connectivity index is 1.29. The van der Waals surface area contributed by atoms with Crippen molar-refractivity contribution in [1.29, 1.82) is 0 Å². The zero-order valence-corrected chi connectivity index (χ0v) is 28.1. The van der Waals surface area contributed by atoms with Crippen LogP contribution in [0.25, 0.3) is 0 Å².